The zero-order valence-corrected chi connectivity index (χ0v) is 20.6. The standard InChI is InChI=1S/C25H26ClF3N2O6/c1-14-12-18(36-17-5-2-15(3-6-17)24(34)35)7-8-19(14)23(33)31-11-10-30-22(32)16-4-9-21(20(26)13-16)37-25(27,28)29/h4,7-9,12-13,15,17H,2-3,5-6,10-11H2,1H3,(H,30,32)(H,31,33)(H,34,35). The molecule has 0 atom stereocenters. The van der Waals surface area contributed by atoms with Crippen LogP contribution in [0.15, 0.2) is 36.4 Å². The highest BCUT2D eigenvalue weighted by molar-refractivity contribution is 6.32. The lowest BCUT2D eigenvalue weighted by molar-refractivity contribution is -0.274. The Bertz CT molecular complexity index is 1150. The molecule has 0 aliphatic heterocycles. The number of carbonyl (C=O) groups is 3. The molecule has 0 saturated heterocycles. The van der Waals surface area contributed by atoms with Crippen molar-refractivity contribution in [1.82, 2.24) is 10.6 Å². The Labute approximate surface area is 216 Å². The van der Waals surface area contributed by atoms with Crippen molar-refractivity contribution in [3.8, 4) is 11.5 Å². The Morgan fingerprint density at radius 2 is 1.65 bits per heavy atom. The highest BCUT2D eigenvalue weighted by Gasteiger charge is 2.32. The molecule has 37 heavy (non-hydrogen) atoms. The number of rotatable bonds is 9. The van der Waals surface area contributed by atoms with Crippen LogP contribution < -0.4 is 20.1 Å². The number of ether oxygens (including phenoxy) is 2. The van der Waals surface area contributed by atoms with E-state index in [9.17, 15) is 27.6 Å². The number of aryl methyl sites for hydroxylation is 1. The van der Waals surface area contributed by atoms with Crippen LogP contribution in [-0.2, 0) is 4.79 Å². The maximum absolute atomic E-state index is 12.5. The lowest BCUT2D eigenvalue weighted by Gasteiger charge is -2.27. The van der Waals surface area contributed by atoms with Crippen LogP contribution in [0.5, 0.6) is 11.5 Å². The third kappa shape index (κ3) is 8.28. The van der Waals surface area contributed by atoms with E-state index >= 15 is 0 Å². The van der Waals surface area contributed by atoms with Crippen molar-refractivity contribution < 1.29 is 42.1 Å². The summed E-state index contributed by atoms with van der Waals surface area (Å²) in [6, 6.07) is 8.21. The molecular formula is C25H26ClF3N2O6. The van der Waals surface area contributed by atoms with E-state index in [1.54, 1.807) is 25.1 Å². The summed E-state index contributed by atoms with van der Waals surface area (Å²) >= 11 is 5.76. The van der Waals surface area contributed by atoms with Crippen molar-refractivity contribution in [2.75, 3.05) is 13.1 Å². The largest absolute Gasteiger partial charge is 0.573 e. The predicted octanol–water partition coefficient (Wildman–Crippen LogP) is 4.73. The molecular weight excluding hydrogens is 517 g/mol. The topological polar surface area (TPSA) is 114 Å². The molecule has 0 spiro atoms. The molecule has 1 fully saturated rings. The van der Waals surface area contributed by atoms with Crippen LogP contribution in [-0.4, -0.2) is 48.4 Å². The highest BCUT2D eigenvalue weighted by Crippen LogP contribution is 2.31. The Kier molecular flexibility index (Phi) is 9.25. The van der Waals surface area contributed by atoms with Crippen LogP contribution in [0.2, 0.25) is 5.02 Å². The van der Waals surface area contributed by atoms with Gasteiger partial charge in [0.2, 0.25) is 0 Å². The molecule has 0 bridgehead atoms. The first kappa shape index (κ1) is 28.1. The van der Waals surface area contributed by atoms with E-state index in [1.165, 1.54) is 0 Å². The quantitative estimate of drug-likeness (QED) is 0.395. The van der Waals surface area contributed by atoms with Gasteiger partial charge in [0, 0.05) is 24.2 Å². The summed E-state index contributed by atoms with van der Waals surface area (Å²) in [5.41, 5.74) is 1.16. The number of hydrogen-bond donors (Lipinski definition) is 3. The number of benzene rings is 2. The molecule has 3 rings (SSSR count). The van der Waals surface area contributed by atoms with Crippen LogP contribution in [0, 0.1) is 12.8 Å². The van der Waals surface area contributed by atoms with E-state index < -0.39 is 24.0 Å². The molecule has 1 aliphatic rings. The summed E-state index contributed by atoms with van der Waals surface area (Å²) in [6.45, 7) is 1.95. The smallest absolute Gasteiger partial charge is 0.490 e. The van der Waals surface area contributed by atoms with Crippen LogP contribution in [0.3, 0.4) is 0 Å². The lowest BCUT2D eigenvalue weighted by atomic mass is 9.87. The molecule has 1 saturated carbocycles. The van der Waals surface area contributed by atoms with Gasteiger partial charge in [-0.05, 0) is 74.6 Å². The Morgan fingerprint density at radius 3 is 2.22 bits per heavy atom. The molecule has 200 valence electrons. The Hall–Kier alpha value is -3.47. The van der Waals surface area contributed by atoms with Gasteiger partial charge in [0.05, 0.1) is 17.0 Å². The summed E-state index contributed by atoms with van der Waals surface area (Å²) in [5, 5.41) is 14.0. The molecule has 2 aromatic rings. The molecule has 0 heterocycles. The van der Waals surface area contributed by atoms with E-state index in [0.717, 1.165) is 18.2 Å². The van der Waals surface area contributed by atoms with Crippen LogP contribution in [0.25, 0.3) is 0 Å². The summed E-state index contributed by atoms with van der Waals surface area (Å²) < 4.78 is 46.7. The third-order valence-corrected chi connectivity index (χ3v) is 6.18. The maximum atomic E-state index is 12.5. The van der Waals surface area contributed by atoms with Crippen LogP contribution in [0.4, 0.5) is 13.2 Å². The number of carboxylic acids is 1. The summed E-state index contributed by atoms with van der Waals surface area (Å²) in [7, 11) is 0. The number of alkyl halides is 3. The van der Waals surface area contributed by atoms with Crippen molar-refractivity contribution in [3.05, 3.63) is 58.1 Å². The van der Waals surface area contributed by atoms with Gasteiger partial charge in [0.15, 0.2) is 0 Å². The summed E-state index contributed by atoms with van der Waals surface area (Å²) in [5.74, 6) is -2.04. The molecule has 0 aromatic heterocycles. The number of hydrogen-bond acceptors (Lipinski definition) is 5. The fourth-order valence-corrected chi connectivity index (χ4v) is 4.20. The molecule has 2 amide bonds. The average Bonchev–Trinajstić information content (AvgIpc) is 2.82. The molecule has 12 heteroatoms. The first-order valence-corrected chi connectivity index (χ1v) is 11.9. The molecule has 0 unspecified atom stereocenters. The van der Waals surface area contributed by atoms with E-state index in [0.29, 0.717) is 42.6 Å². The van der Waals surface area contributed by atoms with Crippen molar-refractivity contribution in [1.29, 1.82) is 0 Å². The third-order valence-electron chi connectivity index (χ3n) is 5.88. The first-order valence-electron chi connectivity index (χ1n) is 11.5. The Morgan fingerprint density at radius 1 is 1.00 bits per heavy atom. The minimum atomic E-state index is -4.90. The van der Waals surface area contributed by atoms with Crippen LogP contribution >= 0.6 is 11.6 Å². The van der Waals surface area contributed by atoms with Gasteiger partial charge in [-0.15, -0.1) is 13.2 Å². The minimum Gasteiger partial charge on any atom is -0.490 e. The number of halogens is 4. The number of carbonyl (C=O) groups excluding carboxylic acids is 2. The fourth-order valence-electron chi connectivity index (χ4n) is 3.98. The van der Waals surface area contributed by atoms with E-state index in [1.807, 2.05) is 0 Å². The van der Waals surface area contributed by atoms with E-state index in [-0.39, 0.29) is 41.6 Å². The van der Waals surface area contributed by atoms with Crippen LogP contribution in [0.1, 0.15) is 52.0 Å². The predicted molar refractivity (Wildman–Crippen MR) is 128 cm³/mol. The molecule has 8 nitrogen and oxygen atoms in total. The lowest BCUT2D eigenvalue weighted by Crippen LogP contribution is -2.35. The average molecular weight is 543 g/mol. The van der Waals surface area contributed by atoms with Gasteiger partial charge >= 0.3 is 12.3 Å². The van der Waals surface area contributed by atoms with Gasteiger partial charge in [-0.1, -0.05) is 11.6 Å². The Balaban J connectivity index is 1.44. The highest BCUT2D eigenvalue weighted by atomic mass is 35.5. The maximum Gasteiger partial charge on any atom is 0.573 e. The van der Waals surface area contributed by atoms with Gasteiger partial charge in [0.1, 0.15) is 11.5 Å². The molecule has 2 aromatic carbocycles. The first-order chi connectivity index (χ1) is 17.4. The molecule has 1 aliphatic carbocycles. The zero-order valence-electron chi connectivity index (χ0n) is 19.9. The zero-order chi connectivity index (χ0) is 27.2. The van der Waals surface area contributed by atoms with Crippen molar-refractivity contribution in [2.45, 2.75) is 45.1 Å². The van der Waals surface area contributed by atoms with Gasteiger partial charge in [-0.25, -0.2) is 0 Å². The number of nitrogens with one attached hydrogen (secondary N) is 2. The normalized spacial score (nSPS) is 17.5. The second-order valence-electron chi connectivity index (χ2n) is 8.61. The second-order valence-corrected chi connectivity index (χ2v) is 9.02. The summed E-state index contributed by atoms with van der Waals surface area (Å²) in [4.78, 5) is 35.8. The van der Waals surface area contributed by atoms with Gasteiger partial charge in [-0.3, -0.25) is 14.4 Å². The van der Waals surface area contributed by atoms with Crippen molar-refractivity contribution in [3.63, 3.8) is 0 Å². The minimum absolute atomic E-state index is 0.0359. The van der Waals surface area contributed by atoms with E-state index in [4.69, 9.17) is 21.4 Å². The SMILES string of the molecule is Cc1cc(OC2CCC(C(=O)O)CC2)ccc1C(=O)NCCNC(=O)c1ccc(OC(F)(F)F)c(Cl)c1. The van der Waals surface area contributed by atoms with Crippen molar-refractivity contribution >= 4 is 29.4 Å². The van der Waals surface area contributed by atoms with Crippen molar-refractivity contribution in [2.24, 2.45) is 5.92 Å². The van der Waals surface area contributed by atoms with E-state index in [2.05, 4.69) is 15.4 Å². The number of aliphatic carboxylic acids is 1. The fraction of sp³-hybridized carbons (Fsp3) is 0.400. The number of amides is 2. The van der Waals surface area contributed by atoms with Gasteiger partial charge in [0.25, 0.3) is 11.8 Å². The monoisotopic (exact) mass is 542 g/mol. The molecule has 0 radical (unpaired) electrons. The second kappa shape index (κ2) is 12.2. The molecule has 3 N–H and O–H groups in total. The van der Waals surface area contributed by atoms with Gasteiger partial charge < -0.3 is 25.2 Å². The summed E-state index contributed by atoms with van der Waals surface area (Å²) in [6.07, 6.45) is -2.52. The number of carboxylic acid groups (broad SMARTS) is 1. The van der Waals surface area contributed by atoms with Gasteiger partial charge in [-0.2, -0.15) is 0 Å².